The zero-order chi connectivity index (χ0) is 23.9. The Balaban J connectivity index is 0.000000186. The van der Waals surface area contributed by atoms with Crippen LogP contribution in [0.3, 0.4) is 0 Å². The Morgan fingerprint density at radius 3 is 1.33 bits per heavy atom. The maximum Gasteiger partial charge on any atom is 0.335 e. The first kappa shape index (κ1) is 25.1. The van der Waals surface area contributed by atoms with Crippen molar-refractivity contribution in [1.82, 2.24) is 0 Å². The van der Waals surface area contributed by atoms with Crippen molar-refractivity contribution in [3.63, 3.8) is 0 Å². The van der Waals surface area contributed by atoms with Gasteiger partial charge in [-0.3, -0.25) is 0 Å². The largest absolute Gasteiger partial charge is 0.478 e. The molecule has 0 bridgehead atoms. The molecule has 0 aliphatic carbocycles. The van der Waals surface area contributed by atoms with E-state index < -0.39 is 11.9 Å². The molecule has 166 valence electrons. The first-order valence-corrected chi connectivity index (χ1v) is 10.4. The highest BCUT2D eigenvalue weighted by atomic mass is 35.5. The molecule has 5 heteroatoms. The molecular formula is C28H23ClO4. The van der Waals surface area contributed by atoms with Crippen molar-refractivity contribution in [3.05, 3.63) is 143 Å². The molecule has 0 heterocycles. The van der Waals surface area contributed by atoms with Gasteiger partial charge in [0.25, 0.3) is 0 Å². The van der Waals surface area contributed by atoms with Crippen LogP contribution in [-0.4, -0.2) is 22.2 Å². The predicted molar refractivity (Wildman–Crippen MR) is 134 cm³/mol. The summed E-state index contributed by atoms with van der Waals surface area (Å²) in [5, 5.41) is 17.6. The second-order valence-corrected chi connectivity index (χ2v) is 7.02. The smallest absolute Gasteiger partial charge is 0.335 e. The van der Waals surface area contributed by atoms with E-state index in [-0.39, 0.29) is 0 Å². The lowest BCUT2D eigenvalue weighted by Crippen LogP contribution is -1.93. The van der Waals surface area contributed by atoms with Crippen LogP contribution in [0, 0.1) is 0 Å². The van der Waals surface area contributed by atoms with Gasteiger partial charge in [-0.25, -0.2) is 9.59 Å². The van der Waals surface area contributed by atoms with Gasteiger partial charge in [0.2, 0.25) is 0 Å². The minimum Gasteiger partial charge on any atom is -0.478 e. The third-order valence-electron chi connectivity index (χ3n) is 4.20. The van der Waals surface area contributed by atoms with Gasteiger partial charge in [-0.2, -0.15) is 0 Å². The Morgan fingerprint density at radius 1 is 0.545 bits per heavy atom. The number of halogens is 1. The van der Waals surface area contributed by atoms with Crippen LogP contribution in [0.25, 0.3) is 12.2 Å². The van der Waals surface area contributed by atoms with Crippen molar-refractivity contribution < 1.29 is 19.8 Å². The lowest BCUT2D eigenvalue weighted by atomic mass is 10.1. The van der Waals surface area contributed by atoms with Gasteiger partial charge >= 0.3 is 11.9 Å². The summed E-state index contributed by atoms with van der Waals surface area (Å²) < 4.78 is 0. The van der Waals surface area contributed by atoms with E-state index in [9.17, 15) is 9.59 Å². The molecule has 2 N–H and O–H groups in total. The SMILES string of the molecule is Clc1ccccc1C=Cc1ccccc1.O=C(O)c1ccccc1.O=C(O)c1ccccc1. The fourth-order valence-corrected chi connectivity index (χ4v) is 2.72. The Morgan fingerprint density at radius 2 is 0.939 bits per heavy atom. The van der Waals surface area contributed by atoms with Crippen molar-refractivity contribution in [1.29, 1.82) is 0 Å². The molecular weight excluding hydrogens is 436 g/mol. The molecule has 0 fully saturated rings. The van der Waals surface area contributed by atoms with E-state index in [2.05, 4.69) is 18.2 Å². The van der Waals surface area contributed by atoms with Crippen molar-refractivity contribution >= 4 is 35.7 Å². The van der Waals surface area contributed by atoms with Gasteiger partial charge in [0.05, 0.1) is 11.1 Å². The molecule has 0 unspecified atom stereocenters. The second-order valence-electron chi connectivity index (χ2n) is 6.61. The summed E-state index contributed by atoms with van der Waals surface area (Å²) in [5.41, 5.74) is 2.88. The molecule has 33 heavy (non-hydrogen) atoms. The van der Waals surface area contributed by atoms with E-state index in [0.29, 0.717) is 11.1 Å². The van der Waals surface area contributed by atoms with Gasteiger partial charge in [-0.15, -0.1) is 0 Å². The molecule has 0 radical (unpaired) electrons. The number of aromatic carboxylic acids is 2. The molecule has 4 aromatic carbocycles. The normalized spacial score (nSPS) is 9.73. The molecule has 4 rings (SSSR count). The minimum atomic E-state index is -0.879. The van der Waals surface area contributed by atoms with Crippen LogP contribution in [0.1, 0.15) is 31.8 Å². The van der Waals surface area contributed by atoms with Gasteiger partial charge in [-0.05, 0) is 41.5 Å². The zero-order valence-electron chi connectivity index (χ0n) is 17.7. The molecule has 0 amide bonds. The lowest BCUT2D eigenvalue weighted by Gasteiger charge is -1.96. The number of rotatable bonds is 4. The molecule has 4 aromatic rings. The van der Waals surface area contributed by atoms with Gasteiger partial charge in [-0.1, -0.05) is 109 Å². The number of hydrogen-bond acceptors (Lipinski definition) is 2. The number of benzene rings is 4. The van der Waals surface area contributed by atoms with Crippen molar-refractivity contribution in [2.45, 2.75) is 0 Å². The van der Waals surface area contributed by atoms with E-state index in [0.717, 1.165) is 10.6 Å². The van der Waals surface area contributed by atoms with Gasteiger partial charge in [0.1, 0.15) is 0 Å². The monoisotopic (exact) mass is 458 g/mol. The molecule has 0 aromatic heterocycles. The van der Waals surface area contributed by atoms with E-state index in [1.165, 1.54) is 5.56 Å². The van der Waals surface area contributed by atoms with Crippen molar-refractivity contribution in [3.8, 4) is 0 Å². The fraction of sp³-hybridized carbons (Fsp3) is 0. The minimum absolute atomic E-state index is 0.331. The Labute approximate surface area is 198 Å². The molecule has 0 atom stereocenters. The summed E-state index contributed by atoms with van der Waals surface area (Å²) in [6.07, 6.45) is 4.08. The maximum atomic E-state index is 10.2. The molecule has 0 saturated heterocycles. The summed E-state index contributed by atoms with van der Waals surface area (Å²) in [6.45, 7) is 0. The fourth-order valence-electron chi connectivity index (χ4n) is 2.52. The first-order chi connectivity index (χ1) is 16.0. The summed E-state index contributed by atoms with van der Waals surface area (Å²) in [7, 11) is 0. The summed E-state index contributed by atoms with van der Waals surface area (Å²) in [4.78, 5) is 20.4. The average molecular weight is 459 g/mol. The van der Waals surface area contributed by atoms with Crippen LogP contribution < -0.4 is 0 Å². The number of hydrogen-bond donors (Lipinski definition) is 2. The topological polar surface area (TPSA) is 74.6 Å². The molecule has 0 aliphatic rings. The van der Waals surface area contributed by atoms with Gasteiger partial charge in [0.15, 0.2) is 0 Å². The standard InChI is InChI=1S/C14H11Cl.2C7H6O2/c15-14-9-5-4-8-13(14)11-10-12-6-2-1-3-7-12;2*8-7(9)6-4-2-1-3-5-6/h1-11H;2*1-5H,(H,8,9). The van der Waals surface area contributed by atoms with E-state index in [4.69, 9.17) is 21.8 Å². The van der Waals surface area contributed by atoms with Crippen LogP contribution in [-0.2, 0) is 0 Å². The Kier molecular flexibility index (Phi) is 10.7. The highest BCUT2D eigenvalue weighted by molar-refractivity contribution is 6.32. The first-order valence-electron chi connectivity index (χ1n) is 10.0. The number of carboxylic acid groups (broad SMARTS) is 2. The predicted octanol–water partition coefficient (Wildman–Crippen LogP) is 7.28. The van der Waals surface area contributed by atoms with Crippen molar-refractivity contribution in [2.24, 2.45) is 0 Å². The van der Waals surface area contributed by atoms with Gasteiger partial charge in [0, 0.05) is 5.02 Å². The number of carbonyl (C=O) groups is 2. The van der Waals surface area contributed by atoms with E-state index in [1.807, 2.05) is 48.5 Å². The summed E-state index contributed by atoms with van der Waals surface area (Å²) in [5.74, 6) is -1.76. The van der Waals surface area contributed by atoms with Crippen LogP contribution in [0.5, 0.6) is 0 Å². The van der Waals surface area contributed by atoms with Crippen LogP contribution >= 0.6 is 11.6 Å². The quantitative estimate of drug-likeness (QED) is 0.315. The second kappa shape index (κ2) is 14.0. The summed E-state index contributed by atoms with van der Waals surface area (Å²) in [6, 6.07) is 34.6. The highest BCUT2D eigenvalue weighted by Gasteiger charge is 1.97. The van der Waals surface area contributed by atoms with Crippen LogP contribution in [0.4, 0.5) is 0 Å². The van der Waals surface area contributed by atoms with E-state index >= 15 is 0 Å². The summed E-state index contributed by atoms with van der Waals surface area (Å²) >= 11 is 6.04. The Bertz CT molecular complexity index is 1110. The molecule has 0 saturated carbocycles. The average Bonchev–Trinajstić information content (AvgIpc) is 2.86. The van der Waals surface area contributed by atoms with E-state index in [1.54, 1.807) is 60.7 Å². The number of carboxylic acids is 2. The van der Waals surface area contributed by atoms with Gasteiger partial charge < -0.3 is 10.2 Å². The van der Waals surface area contributed by atoms with Crippen LogP contribution in [0.2, 0.25) is 5.02 Å². The lowest BCUT2D eigenvalue weighted by molar-refractivity contribution is 0.0686. The molecule has 0 aliphatic heterocycles. The van der Waals surface area contributed by atoms with Crippen molar-refractivity contribution in [2.75, 3.05) is 0 Å². The Hall–Kier alpha value is -4.15. The molecule has 0 spiro atoms. The van der Waals surface area contributed by atoms with Crippen LogP contribution in [0.15, 0.2) is 115 Å². The highest BCUT2D eigenvalue weighted by Crippen LogP contribution is 2.17. The maximum absolute atomic E-state index is 10.2. The molecule has 4 nitrogen and oxygen atoms in total. The zero-order valence-corrected chi connectivity index (χ0v) is 18.5. The third kappa shape index (κ3) is 9.68. The third-order valence-corrected chi connectivity index (χ3v) is 4.55.